The topological polar surface area (TPSA) is 60.9 Å². The summed E-state index contributed by atoms with van der Waals surface area (Å²) >= 11 is 0. The van der Waals surface area contributed by atoms with Gasteiger partial charge in [-0.2, -0.15) is 0 Å². The Morgan fingerprint density at radius 3 is 2.86 bits per heavy atom. The number of pyridine rings is 1. The number of allylic oxidation sites excluding steroid dienone is 1. The Balaban J connectivity index is 0.00000117. The Morgan fingerprint density at radius 2 is 2.03 bits per heavy atom. The number of esters is 1. The molecule has 0 amide bonds. The van der Waals surface area contributed by atoms with Crippen molar-refractivity contribution in [3.05, 3.63) is 29.5 Å². The number of hydrogen-bond acceptors (Lipinski definition) is 6. The van der Waals surface area contributed by atoms with E-state index >= 15 is 0 Å². The van der Waals surface area contributed by atoms with Crippen LogP contribution in [-0.2, 0) is 20.9 Å². The Kier molecular flexibility index (Phi) is 7.17. The first-order valence-corrected chi connectivity index (χ1v) is 10.9. The highest BCUT2D eigenvalue weighted by molar-refractivity contribution is 5.91. The Hall–Kier alpha value is -2.08. The lowest BCUT2D eigenvalue weighted by molar-refractivity contribution is -0.148. The van der Waals surface area contributed by atoms with Crippen LogP contribution < -0.4 is 9.64 Å². The molecule has 29 heavy (non-hydrogen) atoms. The fraction of sp³-hybridized carbons (Fsp3) is 0.652. The average Bonchev–Trinajstić information content (AvgIpc) is 2.92. The van der Waals surface area contributed by atoms with Crippen molar-refractivity contribution in [1.82, 2.24) is 4.98 Å². The van der Waals surface area contributed by atoms with E-state index in [4.69, 9.17) is 14.2 Å². The Labute approximate surface area is 174 Å². The summed E-state index contributed by atoms with van der Waals surface area (Å²) in [6.45, 7) is 8.45. The second kappa shape index (κ2) is 9.61. The first kappa shape index (κ1) is 21.6. The highest BCUT2D eigenvalue weighted by Gasteiger charge is 2.44. The molecule has 6 heteroatoms. The van der Waals surface area contributed by atoms with Crippen LogP contribution in [0.4, 0.5) is 5.82 Å². The lowest BCUT2D eigenvalue weighted by Gasteiger charge is -2.39. The van der Waals surface area contributed by atoms with Crippen LogP contribution >= 0.6 is 0 Å². The van der Waals surface area contributed by atoms with Gasteiger partial charge in [-0.3, -0.25) is 0 Å². The second-order valence-electron chi connectivity index (χ2n) is 7.85. The fourth-order valence-corrected chi connectivity index (χ4v) is 4.36. The molecule has 1 saturated heterocycles. The van der Waals surface area contributed by atoms with Crippen LogP contribution in [0.1, 0.15) is 58.4 Å². The quantitative estimate of drug-likeness (QED) is 0.704. The van der Waals surface area contributed by atoms with E-state index in [1.807, 2.05) is 39.2 Å². The number of carbonyl (C=O) groups is 1. The van der Waals surface area contributed by atoms with Gasteiger partial charge < -0.3 is 19.1 Å². The predicted molar refractivity (Wildman–Crippen MR) is 113 cm³/mol. The van der Waals surface area contributed by atoms with E-state index in [0.717, 1.165) is 55.8 Å². The van der Waals surface area contributed by atoms with Gasteiger partial charge in [0.1, 0.15) is 12.2 Å². The molecule has 1 aliphatic carbocycles. The zero-order valence-electron chi connectivity index (χ0n) is 18.2. The first-order chi connectivity index (χ1) is 14.1. The van der Waals surface area contributed by atoms with Crippen molar-refractivity contribution < 1.29 is 19.0 Å². The van der Waals surface area contributed by atoms with E-state index in [-0.39, 0.29) is 5.97 Å². The number of cyclic esters (lactones) is 1. The van der Waals surface area contributed by atoms with Gasteiger partial charge >= 0.3 is 5.97 Å². The van der Waals surface area contributed by atoms with Gasteiger partial charge in [0.05, 0.1) is 25.3 Å². The number of nitrogens with zero attached hydrogens (tertiary/aromatic N) is 2. The molecule has 4 rings (SSSR count). The van der Waals surface area contributed by atoms with Crippen LogP contribution in [0.3, 0.4) is 0 Å². The van der Waals surface area contributed by atoms with E-state index in [1.54, 1.807) is 0 Å². The van der Waals surface area contributed by atoms with E-state index in [9.17, 15) is 4.79 Å². The summed E-state index contributed by atoms with van der Waals surface area (Å²) in [6, 6.07) is 2.00. The molecule has 6 nitrogen and oxygen atoms in total. The maximum atomic E-state index is 12.6. The van der Waals surface area contributed by atoms with Gasteiger partial charge in [0.25, 0.3) is 0 Å². The van der Waals surface area contributed by atoms with Gasteiger partial charge in [0.15, 0.2) is 11.6 Å². The van der Waals surface area contributed by atoms with E-state index in [0.29, 0.717) is 31.3 Å². The molecule has 0 radical (unpaired) electrons. The summed E-state index contributed by atoms with van der Waals surface area (Å²) in [6.07, 6.45) is 8.83. The van der Waals surface area contributed by atoms with Crippen molar-refractivity contribution in [1.29, 1.82) is 0 Å². The van der Waals surface area contributed by atoms with Crippen LogP contribution in [0.25, 0.3) is 0 Å². The van der Waals surface area contributed by atoms with Crippen molar-refractivity contribution in [2.24, 2.45) is 5.92 Å². The van der Waals surface area contributed by atoms with Gasteiger partial charge in [0.2, 0.25) is 0 Å². The fourth-order valence-electron chi connectivity index (χ4n) is 4.36. The van der Waals surface area contributed by atoms with Crippen molar-refractivity contribution in [2.75, 3.05) is 31.7 Å². The summed E-state index contributed by atoms with van der Waals surface area (Å²) in [4.78, 5) is 19.2. The van der Waals surface area contributed by atoms with Crippen LogP contribution in [0.15, 0.2) is 23.9 Å². The SMILES string of the molecule is CC.CN1CCOc2cc(CO[C@]3(C)C4=CCCCC3CCCOC4=O)cnc21. The van der Waals surface area contributed by atoms with Crippen LogP contribution in [0.5, 0.6) is 5.75 Å². The van der Waals surface area contributed by atoms with Gasteiger partial charge in [0, 0.05) is 13.2 Å². The molecule has 3 heterocycles. The van der Waals surface area contributed by atoms with Crippen molar-refractivity contribution in [3.63, 3.8) is 0 Å². The summed E-state index contributed by atoms with van der Waals surface area (Å²) in [5, 5.41) is 0. The Bertz CT molecular complexity index is 748. The highest BCUT2D eigenvalue weighted by Crippen LogP contribution is 2.41. The maximum absolute atomic E-state index is 12.6. The van der Waals surface area contributed by atoms with Crippen molar-refractivity contribution >= 4 is 11.8 Å². The molecule has 2 atom stereocenters. The third-order valence-corrected chi connectivity index (χ3v) is 6.04. The van der Waals surface area contributed by atoms with Crippen LogP contribution in [0, 0.1) is 5.92 Å². The molecule has 1 fully saturated rings. The molecule has 2 bridgehead atoms. The first-order valence-electron chi connectivity index (χ1n) is 10.9. The normalized spacial score (nSPS) is 26.3. The molecular formula is C23H34N2O4. The summed E-state index contributed by atoms with van der Waals surface area (Å²) in [5.74, 6) is 1.76. The van der Waals surface area contributed by atoms with Crippen LogP contribution in [0.2, 0.25) is 0 Å². The minimum Gasteiger partial charge on any atom is -0.488 e. The van der Waals surface area contributed by atoms with Crippen molar-refractivity contribution in [3.8, 4) is 5.75 Å². The standard InChI is InChI=1S/C21H28N2O4.C2H6/c1-21(16-6-3-4-8-17(21)20(24)26-10-5-7-16)27-14-15-12-18-19(22-13-15)23(2)9-11-25-18;1-2/h8,12-13,16H,3-7,9-11,14H2,1-2H3;1-2H3/t16?,21-;/m0./s1. The lowest BCUT2D eigenvalue weighted by Crippen LogP contribution is -2.43. The van der Waals surface area contributed by atoms with Gasteiger partial charge in [-0.25, -0.2) is 9.78 Å². The summed E-state index contributed by atoms with van der Waals surface area (Å²) < 4.78 is 17.6. The maximum Gasteiger partial charge on any atom is 0.336 e. The summed E-state index contributed by atoms with van der Waals surface area (Å²) in [5.41, 5.74) is 1.02. The third kappa shape index (κ3) is 4.58. The number of aromatic nitrogens is 1. The monoisotopic (exact) mass is 402 g/mol. The molecule has 2 aliphatic heterocycles. The number of hydrogen-bond donors (Lipinski definition) is 0. The zero-order valence-corrected chi connectivity index (χ0v) is 18.2. The molecule has 160 valence electrons. The molecule has 0 N–H and O–H groups in total. The second-order valence-corrected chi connectivity index (χ2v) is 7.85. The number of rotatable bonds is 3. The number of anilines is 1. The molecule has 1 aromatic heterocycles. The summed E-state index contributed by atoms with van der Waals surface area (Å²) in [7, 11) is 2.02. The van der Waals surface area contributed by atoms with Gasteiger partial charge in [-0.05, 0) is 56.6 Å². The number of ether oxygens (including phenoxy) is 3. The molecule has 3 aliphatic rings. The van der Waals surface area contributed by atoms with E-state index < -0.39 is 5.60 Å². The number of carbonyl (C=O) groups excluding carboxylic acids is 1. The molecule has 0 aromatic carbocycles. The average molecular weight is 403 g/mol. The highest BCUT2D eigenvalue weighted by atomic mass is 16.5. The Morgan fingerprint density at radius 1 is 1.24 bits per heavy atom. The third-order valence-electron chi connectivity index (χ3n) is 6.04. The van der Waals surface area contributed by atoms with E-state index in [1.165, 1.54) is 0 Å². The van der Waals surface area contributed by atoms with E-state index in [2.05, 4.69) is 16.8 Å². The molecular weight excluding hydrogens is 368 g/mol. The molecule has 0 saturated carbocycles. The smallest absolute Gasteiger partial charge is 0.336 e. The van der Waals surface area contributed by atoms with Gasteiger partial charge in [-0.15, -0.1) is 0 Å². The number of fused-ring (bicyclic) bond motifs is 3. The molecule has 1 aromatic rings. The lowest BCUT2D eigenvalue weighted by atomic mass is 9.78. The predicted octanol–water partition coefficient (Wildman–Crippen LogP) is 4.28. The minimum atomic E-state index is -0.623. The van der Waals surface area contributed by atoms with Crippen LogP contribution in [-0.4, -0.2) is 43.4 Å². The minimum absolute atomic E-state index is 0.224. The van der Waals surface area contributed by atoms with Gasteiger partial charge in [-0.1, -0.05) is 19.9 Å². The molecule has 0 spiro atoms. The number of likely N-dealkylation sites (N-methyl/N-ethyl adjacent to an activating group) is 1. The van der Waals surface area contributed by atoms with Crippen molar-refractivity contribution in [2.45, 2.75) is 65.1 Å². The zero-order chi connectivity index (χ0) is 20.9. The molecule has 1 unspecified atom stereocenters. The largest absolute Gasteiger partial charge is 0.488 e.